The Kier molecular flexibility index (Phi) is 11.4. The van der Waals surface area contributed by atoms with Crippen LogP contribution in [0.2, 0.25) is 30.7 Å². The lowest BCUT2D eigenvalue weighted by Gasteiger charge is -2.43. The van der Waals surface area contributed by atoms with Crippen LogP contribution < -0.4 is 10.4 Å². The van der Waals surface area contributed by atoms with Gasteiger partial charge in [-0.25, -0.2) is 0 Å². The molecule has 0 N–H and O–H groups in total. The van der Waals surface area contributed by atoms with Gasteiger partial charge in [0.25, 0.3) is 8.32 Å². The van der Waals surface area contributed by atoms with E-state index >= 15 is 0 Å². The third kappa shape index (κ3) is 8.59. The SMILES string of the molecule is C=CCOC[C@H](CO[Si](c1ccccc1)(c1ccccc1)C(C)(C)C)OCOCC[Si](C)(C)C. The molecule has 0 bridgehead atoms. The van der Waals surface area contributed by atoms with Crippen LogP contribution in [0.15, 0.2) is 73.3 Å². The molecule has 1 atom stereocenters. The van der Waals surface area contributed by atoms with Gasteiger partial charge in [0, 0.05) is 14.7 Å². The summed E-state index contributed by atoms with van der Waals surface area (Å²) in [5.41, 5.74) is 0. The fourth-order valence-corrected chi connectivity index (χ4v) is 9.34. The summed E-state index contributed by atoms with van der Waals surface area (Å²) in [4.78, 5) is 0. The van der Waals surface area contributed by atoms with Gasteiger partial charge in [-0.2, -0.15) is 0 Å². The Hall–Kier alpha value is -1.55. The van der Waals surface area contributed by atoms with E-state index in [0.717, 1.165) is 12.7 Å². The molecule has 0 aliphatic rings. The standard InChI is InChI=1S/C28H44O4Si2/c1-8-19-29-22-25(31-24-30-20-21-33(5,6)7)23-32-34(28(2,3)4,26-15-11-9-12-16-26)27-17-13-10-14-18-27/h8-18,25H,1,19-24H2,2-7H3/t25-/m1/s1. The minimum atomic E-state index is -2.63. The molecule has 2 aromatic rings. The van der Waals surface area contributed by atoms with E-state index in [1.807, 2.05) is 0 Å². The van der Waals surface area contributed by atoms with Crippen LogP contribution in [0.4, 0.5) is 0 Å². The van der Waals surface area contributed by atoms with Crippen LogP contribution in [-0.2, 0) is 18.6 Å². The fraction of sp³-hybridized carbons (Fsp3) is 0.500. The van der Waals surface area contributed by atoms with Crippen LogP contribution in [0.25, 0.3) is 0 Å². The number of benzene rings is 2. The summed E-state index contributed by atoms with van der Waals surface area (Å²) in [5.74, 6) is 0. The normalized spacial score (nSPS) is 13.6. The van der Waals surface area contributed by atoms with E-state index in [2.05, 4.69) is 108 Å². The second kappa shape index (κ2) is 13.5. The van der Waals surface area contributed by atoms with E-state index in [0.29, 0.717) is 19.8 Å². The van der Waals surface area contributed by atoms with Crippen molar-refractivity contribution in [2.24, 2.45) is 0 Å². The predicted molar refractivity (Wildman–Crippen MR) is 148 cm³/mol. The molecule has 0 heterocycles. The van der Waals surface area contributed by atoms with Gasteiger partial charge in [-0.15, -0.1) is 6.58 Å². The quantitative estimate of drug-likeness (QED) is 0.141. The Bertz CT molecular complexity index is 789. The lowest BCUT2D eigenvalue weighted by Crippen LogP contribution is -2.67. The molecule has 34 heavy (non-hydrogen) atoms. The second-order valence-electron chi connectivity index (χ2n) is 10.9. The fourth-order valence-electron chi connectivity index (χ4n) is 3.99. The zero-order valence-electron chi connectivity index (χ0n) is 22.0. The molecule has 0 amide bonds. The first-order valence-electron chi connectivity index (χ1n) is 12.2. The predicted octanol–water partition coefficient (Wildman–Crippen LogP) is 5.46. The molecule has 0 fully saturated rings. The van der Waals surface area contributed by atoms with Crippen LogP contribution >= 0.6 is 0 Å². The minimum Gasteiger partial charge on any atom is -0.405 e. The van der Waals surface area contributed by atoms with Gasteiger partial charge in [0.05, 0.1) is 19.8 Å². The molecular formula is C28H44O4Si2. The third-order valence-corrected chi connectivity index (χ3v) is 12.5. The summed E-state index contributed by atoms with van der Waals surface area (Å²) in [6.45, 7) is 20.0. The van der Waals surface area contributed by atoms with Gasteiger partial charge in [0.2, 0.25) is 0 Å². The molecule has 0 saturated heterocycles. The molecule has 0 aromatic heterocycles. The van der Waals surface area contributed by atoms with Crippen molar-refractivity contribution in [1.82, 2.24) is 0 Å². The van der Waals surface area contributed by atoms with Crippen LogP contribution in [0, 0.1) is 0 Å². The highest BCUT2D eigenvalue weighted by atomic mass is 28.4. The molecule has 0 spiro atoms. The summed E-state index contributed by atoms with van der Waals surface area (Å²) >= 11 is 0. The number of hydrogen-bond donors (Lipinski definition) is 0. The minimum absolute atomic E-state index is 0.0872. The molecule has 0 unspecified atom stereocenters. The van der Waals surface area contributed by atoms with E-state index < -0.39 is 16.4 Å². The van der Waals surface area contributed by atoms with Crippen LogP contribution in [0.5, 0.6) is 0 Å². The van der Waals surface area contributed by atoms with Crippen LogP contribution in [0.1, 0.15) is 20.8 Å². The molecular weight excluding hydrogens is 456 g/mol. The van der Waals surface area contributed by atoms with Crippen molar-refractivity contribution in [2.75, 3.05) is 33.2 Å². The van der Waals surface area contributed by atoms with Gasteiger partial charge < -0.3 is 18.6 Å². The number of ether oxygens (including phenoxy) is 3. The molecule has 0 radical (unpaired) electrons. The van der Waals surface area contributed by atoms with E-state index in [1.54, 1.807) is 6.08 Å². The van der Waals surface area contributed by atoms with E-state index in [4.69, 9.17) is 18.6 Å². The first kappa shape index (κ1) is 28.7. The maximum atomic E-state index is 7.03. The Morgan fingerprint density at radius 3 is 1.88 bits per heavy atom. The third-order valence-electron chi connectivity index (χ3n) is 5.83. The number of rotatable bonds is 15. The second-order valence-corrected chi connectivity index (χ2v) is 20.9. The van der Waals surface area contributed by atoms with E-state index in [1.165, 1.54) is 10.4 Å². The van der Waals surface area contributed by atoms with Crippen molar-refractivity contribution in [1.29, 1.82) is 0 Å². The van der Waals surface area contributed by atoms with E-state index in [-0.39, 0.29) is 17.9 Å². The Morgan fingerprint density at radius 2 is 1.41 bits per heavy atom. The van der Waals surface area contributed by atoms with Crippen molar-refractivity contribution in [3.8, 4) is 0 Å². The first-order valence-corrected chi connectivity index (χ1v) is 17.8. The highest BCUT2D eigenvalue weighted by Gasteiger charge is 2.50. The molecule has 2 aromatic carbocycles. The summed E-state index contributed by atoms with van der Waals surface area (Å²) in [5, 5.41) is 2.42. The summed E-state index contributed by atoms with van der Waals surface area (Å²) in [6, 6.07) is 22.4. The average Bonchev–Trinajstić information content (AvgIpc) is 2.78. The highest BCUT2D eigenvalue weighted by molar-refractivity contribution is 6.99. The zero-order chi connectivity index (χ0) is 25.1. The van der Waals surface area contributed by atoms with Crippen molar-refractivity contribution in [3.05, 3.63) is 73.3 Å². The van der Waals surface area contributed by atoms with Crippen molar-refractivity contribution in [2.45, 2.75) is 57.6 Å². The smallest absolute Gasteiger partial charge is 0.261 e. The molecule has 0 aliphatic carbocycles. The highest BCUT2D eigenvalue weighted by Crippen LogP contribution is 2.36. The largest absolute Gasteiger partial charge is 0.405 e. The van der Waals surface area contributed by atoms with Gasteiger partial charge in [-0.1, -0.05) is 107 Å². The van der Waals surface area contributed by atoms with Gasteiger partial charge in [-0.05, 0) is 21.5 Å². The zero-order valence-corrected chi connectivity index (χ0v) is 24.0. The van der Waals surface area contributed by atoms with Gasteiger partial charge in [0.1, 0.15) is 12.9 Å². The lowest BCUT2D eigenvalue weighted by atomic mass is 10.2. The van der Waals surface area contributed by atoms with Crippen molar-refractivity contribution in [3.63, 3.8) is 0 Å². The maximum absolute atomic E-state index is 7.03. The topological polar surface area (TPSA) is 36.9 Å². The Labute approximate surface area is 209 Å². The number of hydrogen-bond acceptors (Lipinski definition) is 4. The summed E-state index contributed by atoms with van der Waals surface area (Å²) in [6.07, 6.45) is 1.53. The Morgan fingerprint density at radius 1 is 0.853 bits per heavy atom. The molecule has 2 rings (SSSR count). The van der Waals surface area contributed by atoms with Gasteiger partial charge in [-0.3, -0.25) is 0 Å². The first-order chi connectivity index (χ1) is 16.1. The van der Waals surface area contributed by atoms with Crippen molar-refractivity contribution >= 4 is 26.8 Å². The summed E-state index contributed by atoms with van der Waals surface area (Å²) < 4.78 is 24.7. The monoisotopic (exact) mass is 500 g/mol. The molecule has 0 saturated carbocycles. The molecule has 0 aliphatic heterocycles. The maximum Gasteiger partial charge on any atom is 0.261 e. The molecule has 188 valence electrons. The average molecular weight is 501 g/mol. The lowest BCUT2D eigenvalue weighted by molar-refractivity contribution is -0.117. The van der Waals surface area contributed by atoms with Crippen LogP contribution in [0.3, 0.4) is 0 Å². The van der Waals surface area contributed by atoms with Gasteiger partial charge >= 0.3 is 0 Å². The summed E-state index contributed by atoms with van der Waals surface area (Å²) in [7, 11) is -3.76. The Balaban J connectivity index is 2.23. The van der Waals surface area contributed by atoms with Crippen LogP contribution in [-0.4, -0.2) is 55.7 Å². The molecule has 4 nitrogen and oxygen atoms in total. The molecule has 6 heteroatoms. The van der Waals surface area contributed by atoms with Gasteiger partial charge in [0.15, 0.2) is 0 Å². The van der Waals surface area contributed by atoms with Crippen molar-refractivity contribution < 1.29 is 18.6 Å². The van der Waals surface area contributed by atoms with E-state index in [9.17, 15) is 0 Å².